The van der Waals surface area contributed by atoms with E-state index in [0.29, 0.717) is 0 Å². The van der Waals surface area contributed by atoms with E-state index in [1.807, 2.05) is 12.1 Å². The number of halogens is 1. The van der Waals surface area contributed by atoms with Crippen LogP contribution in [0.15, 0.2) is 60.7 Å². The lowest BCUT2D eigenvalue weighted by atomic mass is 10.2. The molecule has 2 heterocycles. The summed E-state index contributed by atoms with van der Waals surface area (Å²) in [7, 11) is 0. The van der Waals surface area contributed by atoms with Crippen LogP contribution in [-0.2, 0) is 0 Å². The summed E-state index contributed by atoms with van der Waals surface area (Å²) in [5.74, 6) is 0.973. The van der Waals surface area contributed by atoms with Gasteiger partial charge in [0.1, 0.15) is 24.4 Å². The summed E-state index contributed by atoms with van der Waals surface area (Å²) in [6.45, 7) is 3.77. The van der Waals surface area contributed by atoms with Crippen molar-refractivity contribution in [1.82, 2.24) is 0 Å². The molecule has 0 atom stereocenters. The van der Waals surface area contributed by atoms with Crippen LogP contribution < -0.4 is 14.8 Å². The van der Waals surface area contributed by atoms with E-state index < -0.39 is 0 Å². The van der Waals surface area contributed by atoms with Gasteiger partial charge < -0.3 is 4.90 Å². The molecule has 1 aliphatic heterocycles. The van der Waals surface area contributed by atoms with E-state index in [1.54, 1.807) is 0 Å². The number of para-hydroxylation sites is 1. The van der Waals surface area contributed by atoms with Gasteiger partial charge in [0, 0.05) is 17.1 Å². The molecule has 1 N–H and O–H groups in total. The fourth-order valence-electron chi connectivity index (χ4n) is 3.15. The first-order valence-corrected chi connectivity index (χ1v) is 7.96. The van der Waals surface area contributed by atoms with Crippen LogP contribution in [0.5, 0.6) is 0 Å². The van der Waals surface area contributed by atoms with Crippen LogP contribution in [0.25, 0.3) is 10.9 Å². The van der Waals surface area contributed by atoms with E-state index in [-0.39, 0.29) is 5.82 Å². The van der Waals surface area contributed by atoms with Gasteiger partial charge in [0.2, 0.25) is 0 Å². The molecule has 4 heteroatoms. The highest BCUT2D eigenvalue weighted by Gasteiger charge is 2.23. The number of benzene rings is 2. The zero-order chi connectivity index (χ0) is 15.6. The lowest BCUT2D eigenvalue weighted by Crippen LogP contribution is -2.48. The minimum absolute atomic E-state index is 0.182. The maximum absolute atomic E-state index is 13.0. The van der Waals surface area contributed by atoms with Crippen molar-refractivity contribution in [2.75, 3.05) is 36.0 Å². The molecule has 0 aliphatic carbocycles. The van der Waals surface area contributed by atoms with Crippen LogP contribution in [-0.4, -0.2) is 26.2 Å². The van der Waals surface area contributed by atoms with E-state index in [0.717, 1.165) is 43.2 Å². The smallest absolute Gasteiger partial charge is 0.274 e. The van der Waals surface area contributed by atoms with Gasteiger partial charge in [-0.2, -0.15) is 0 Å². The normalized spacial score (nSPS) is 15.2. The van der Waals surface area contributed by atoms with E-state index >= 15 is 0 Å². The lowest BCUT2D eigenvalue weighted by Gasteiger charge is -2.32. The first kappa shape index (κ1) is 14.0. The van der Waals surface area contributed by atoms with Crippen LogP contribution in [0, 0.1) is 5.82 Å². The van der Waals surface area contributed by atoms with Crippen LogP contribution in [0.1, 0.15) is 0 Å². The van der Waals surface area contributed by atoms with E-state index in [2.05, 4.69) is 51.2 Å². The Morgan fingerprint density at radius 2 is 1.43 bits per heavy atom. The number of H-pyrrole nitrogens is 1. The van der Waals surface area contributed by atoms with E-state index in [1.165, 1.54) is 17.5 Å². The average Bonchev–Trinajstić information content (AvgIpc) is 2.62. The first-order chi connectivity index (χ1) is 11.3. The van der Waals surface area contributed by atoms with E-state index in [9.17, 15) is 4.39 Å². The number of nitrogens with one attached hydrogen (secondary N) is 1. The number of fused-ring (bicyclic) bond motifs is 1. The molecular weight excluding hydrogens is 289 g/mol. The number of anilines is 2. The van der Waals surface area contributed by atoms with Crippen LogP contribution in [0.4, 0.5) is 15.9 Å². The zero-order valence-corrected chi connectivity index (χ0v) is 12.9. The molecule has 3 aromatic rings. The summed E-state index contributed by atoms with van der Waals surface area (Å²) < 4.78 is 13.0. The summed E-state index contributed by atoms with van der Waals surface area (Å²) in [6, 6.07) is 19.4. The highest BCUT2D eigenvalue weighted by atomic mass is 19.1. The molecule has 1 aliphatic rings. The summed E-state index contributed by atoms with van der Waals surface area (Å²) in [5.41, 5.74) is 2.25. The van der Waals surface area contributed by atoms with Crippen LogP contribution in [0.2, 0.25) is 0 Å². The Balaban J connectivity index is 1.49. The average molecular weight is 308 g/mol. The van der Waals surface area contributed by atoms with Crippen molar-refractivity contribution in [2.24, 2.45) is 0 Å². The second-order valence-corrected chi connectivity index (χ2v) is 5.88. The molecule has 23 heavy (non-hydrogen) atoms. The van der Waals surface area contributed by atoms with Crippen molar-refractivity contribution < 1.29 is 9.37 Å². The van der Waals surface area contributed by atoms with E-state index in [4.69, 9.17) is 0 Å². The molecule has 0 radical (unpaired) electrons. The standard InChI is InChI=1S/C19H18FN3/c20-16-6-8-17(9-7-16)22-11-13-23(14-12-22)19-10-5-15-3-1-2-4-18(15)21-19/h1-10H,11-14H2/p+1. The molecule has 3 nitrogen and oxygen atoms in total. The Morgan fingerprint density at radius 1 is 0.739 bits per heavy atom. The molecule has 0 amide bonds. The molecule has 0 spiro atoms. The van der Waals surface area contributed by atoms with Gasteiger partial charge >= 0.3 is 0 Å². The van der Waals surface area contributed by atoms with Crippen LogP contribution >= 0.6 is 0 Å². The molecule has 0 saturated carbocycles. The number of hydrogen-bond donors (Lipinski definition) is 0. The van der Waals surface area contributed by atoms with Gasteiger partial charge in [-0.15, -0.1) is 0 Å². The molecule has 4 rings (SSSR count). The summed E-state index contributed by atoms with van der Waals surface area (Å²) in [5, 5.41) is 1.22. The van der Waals surface area contributed by atoms with Gasteiger partial charge in [0.05, 0.1) is 13.1 Å². The van der Waals surface area contributed by atoms with Crippen molar-refractivity contribution in [1.29, 1.82) is 0 Å². The number of aromatic nitrogens is 1. The summed E-state index contributed by atoms with van der Waals surface area (Å²) in [6.07, 6.45) is 0. The Bertz CT molecular complexity index is 808. The second kappa shape index (κ2) is 5.88. The molecule has 0 bridgehead atoms. The number of aromatic amines is 1. The second-order valence-electron chi connectivity index (χ2n) is 5.88. The third-order valence-electron chi connectivity index (χ3n) is 4.46. The fraction of sp³-hybridized carbons (Fsp3) is 0.211. The Morgan fingerprint density at radius 3 is 2.22 bits per heavy atom. The maximum atomic E-state index is 13.0. The molecule has 0 unspecified atom stereocenters. The zero-order valence-electron chi connectivity index (χ0n) is 12.9. The topological polar surface area (TPSA) is 20.6 Å². The minimum Gasteiger partial charge on any atom is -0.364 e. The van der Waals surface area contributed by atoms with Gasteiger partial charge in [0.25, 0.3) is 5.82 Å². The number of hydrogen-bond acceptors (Lipinski definition) is 2. The van der Waals surface area contributed by atoms with Gasteiger partial charge in [-0.05, 0) is 36.4 Å². The van der Waals surface area contributed by atoms with Crippen molar-refractivity contribution in [3.05, 3.63) is 66.5 Å². The van der Waals surface area contributed by atoms with Crippen molar-refractivity contribution in [3.63, 3.8) is 0 Å². The number of rotatable bonds is 2. The quantitative estimate of drug-likeness (QED) is 0.725. The molecule has 1 aromatic heterocycles. The van der Waals surface area contributed by atoms with Crippen molar-refractivity contribution in [2.45, 2.75) is 0 Å². The number of piperazine rings is 1. The summed E-state index contributed by atoms with van der Waals surface area (Å²) in [4.78, 5) is 8.19. The fourth-order valence-corrected chi connectivity index (χ4v) is 3.15. The first-order valence-electron chi connectivity index (χ1n) is 7.96. The lowest BCUT2D eigenvalue weighted by molar-refractivity contribution is -0.330. The maximum Gasteiger partial charge on any atom is 0.274 e. The van der Waals surface area contributed by atoms with Gasteiger partial charge in [-0.3, -0.25) is 4.90 Å². The van der Waals surface area contributed by atoms with Crippen molar-refractivity contribution >= 4 is 22.4 Å². The third kappa shape index (κ3) is 2.84. The highest BCUT2D eigenvalue weighted by molar-refractivity contribution is 5.76. The Hall–Kier alpha value is -2.62. The Kier molecular flexibility index (Phi) is 3.58. The predicted molar refractivity (Wildman–Crippen MR) is 91.3 cm³/mol. The molecular formula is C19H19FN3+. The SMILES string of the molecule is Fc1ccc(N2CCN(c3ccc4ccccc4[nH+]3)CC2)cc1. The molecule has 2 aromatic carbocycles. The number of nitrogens with zero attached hydrogens (tertiary/aromatic N) is 2. The number of pyridine rings is 1. The highest BCUT2D eigenvalue weighted by Crippen LogP contribution is 2.19. The molecule has 1 fully saturated rings. The van der Waals surface area contributed by atoms with Gasteiger partial charge in [0.15, 0.2) is 0 Å². The minimum atomic E-state index is -0.182. The molecule has 1 saturated heterocycles. The van der Waals surface area contributed by atoms with Crippen molar-refractivity contribution in [3.8, 4) is 0 Å². The largest absolute Gasteiger partial charge is 0.364 e. The van der Waals surface area contributed by atoms with Gasteiger partial charge in [-0.1, -0.05) is 18.2 Å². The van der Waals surface area contributed by atoms with Crippen LogP contribution in [0.3, 0.4) is 0 Å². The van der Waals surface area contributed by atoms with Gasteiger partial charge in [-0.25, -0.2) is 9.37 Å². The monoisotopic (exact) mass is 308 g/mol. The predicted octanol–water partition coefficient (Wildman–Crippen LogP) is 3.12. The molecule has 116 valence electrons. The summed E-state index contributed by atoms with van der Waals surface area (Å²) >= 11 is 0. The third-order valence-corrected chi connectivity index (χ3v) is 4.46. The Labute approximate surface area is 135 Å².